The molecular formula is C17H20N6O3. The van der Waals surface area contributed by atoms with Gasteiger partial charge in [0, 0.05) is 45.7 Å². The van der Waals surface area contributed by atoms with Crippen molar-refractivity contribution in [1.82, 2.24) is 24.1 Å². The molecule has 0 unspecified atom stereocenters. The van der Waals surface area contributed by atoms with Crippen LogP contribution in [0.3, 0.4) is 0 Å². The van der Waals surface area contributed by atoms with Crippen LogP contribution in [0.25, 0.3) is 11.2 Å². The van der Waals surface area contributed by atoms with Crippen LogP contribution in [0, 0.1) is 0 Å². The topological polar surface area (TPSA) is 98.0 Å². The minimum atomic E-state index is -0.479. The number of anilines is 1. The van der Waals surface area contributed by atoms with Crippen LogP contribution in [0.2, 0.25) is 0 Å². The van der Waals surface area contributed by atoms with Crippen molar-refractivity contribution >= 4 is 17.1 Å². The molecule has 4 rings (SSSR count). The summed E-state index contributed by atoms with van der Waals surface area (Å²) in [5.74, 6) is 0.607. The van der Waals surface area contributed by atoms with E-state index in [2.05, 4.69) is 15.0 Å². The molecule has 4 heterocycles. The second-order valence-electron chi connectivity index (χ2n) is 6.51. The number of rotatable bonds is 3. The highest BCUT2D eigenvalue weighted by molar-refractivity contribution is 5.74. The van der Waals surface area contributed by atoms with E-state index in [1.807, 2.05) is 24.1 Å². The standard InChI is InChI=1S/C17H20N6O3/c1-21(11-6-8-26-13(11)10-5-4-7-18-9-10)16-19-14-12(22(16)2)15(24)20-17(25)23(14)3/h4-5,7,9,11,13H,6,8H2,1-3H3,(H,20,24,25)/t11-,13+/m0/s1. The molecule has 3 aromatic rings. The van der Waals surface area contributed by atoms with Crippen molar-refractivity contribution in [3.05, 3.63) is 50.9 Å². The van der Waals surface area contributed by atoms with Crippen LogP contribution in [0.15, 0.2) is 34.1 Å². The van der Waals surface area contributed by atoms with Crippen LogP contribution in [0.5, 0.6) is 0 Å². The Bertz CT molecular complexity index is 1070. The van der Waals surface area contributed by atoms with Crippen molar-refractivity contribution in [2.45, 2.75) is 18.6 Å². The minimum absolute atomic E-state index is 0.0471. The second-order valence-corrected chi connectivity index (χ2v) is 6.51. The summed E-state index contributed by atoms with van der Waals surface area (Å²) in [5.41, 5.74) is 0.813. The highest BCUT2D eigenvalue weighted by Crippen LogP contribution is 2.34. The zero-order valence-electron chi connectivity index (χ0n) is 14.8. The number of hydrogen-bond donors (Lipinski definition) is 1. The lowest BCUT2D eigenvalue weighted by molar-refractivity contribution is 0.104. The zero-order chi connectivity index (χ0) is 18.4. The first-order valence-corrected chi connectivity index (χ1v) is 8.39. The summed E-state index contributed by atoms with van der Waals surface area (Å²) in [6.07, 6.45) is 4.24. The Balaban J connectivity index is 1.79. The predicted octanol–water partition coefficient (Wildman–Crippen LogP) is 0.322. The molecule has 9 nitrogen and oxygen atoms in total. The molecule has 9 heteroatoms. The normalized spacial score (nSPS) is 20.0. The number of aromatic amines is 1. The molecule has 2 atom stereocenters. The Hall–Kier alpha value is -2.94. The third-order valence-corrected chi connectivity index (χ3v) is 5.00. The van der Waals surface area contributed by atoms with Gasteiger partial charge in [0.05, 0.1) is 6.04 Å². The predicted molar refractivity (Wildman–Crippen MR) is 96.3 cm³/mol. The molecule has 0 spiro atoms. The van der Waals surface area contributed by atoms with Gasteiger partial charge in [-0.25, -0.2) is 4.79 Å². The lowest BCUT2D eigenvalue weighted by Gasteiger charge is -2.29. The highest BCUT2D eigenvalue weighted by Gasteiger charge is 2.35. The summed E-state index contributed by atoms with van der Waals surface area (Å²) in [5, 5.41) is 0. The monoisotopic (exact) mass is 356 g/mol. The van der Waals surface area contributed by atoms with Crippen LogP contribution >= 0.6 is 0 Å². The number of nitrogens with zero attached hydrogens (tertiary/aromatic N) is 5. The molecular weight excluding hydrogens is 336 g/mol. The Morgan fingerprint density at radius 1 is 1.31 bits per heavy atom. The van der Waals surface area contributed by atoms with Gasteiger partial charge in [-0.2, -0.15) is 4.98 Å². The summed E-state index contributed by atoms with van der Waals surface area (Å²) in [7, 11) is 5.29. The lowest BCUT2D eigenvalue weighted by Crippen LogP contribution is -2.35. The van der Waals surface area contributed by atoms with Crippen molar-refractivity contribution in [3.63, 3.8) is 0 Å². The number of nitrogens with one attached hydrogen (secondary N) is 1. The van der Waals surface area contributed by atoms with Crippen molar-refractivity contribution in [2.75, 3.05) is 18.6 Å². The van der Waals surface area contributed by atoms with Gasteiger partial charge in [-0.1, -0.05) is 6.07 Å². The summed E-state index contributed by atoms with van der Waals surface area (Å²) < 4.78 is 8.99. The number of fused-ring (bicyclic) bond motifs is 1. The molecule has 1 saturated heterocycles. The number of likely N-dealkylation sites (N-methyl/N-ethyl adjacent to an activating group) is 1. The fourth-order valence-electron chi connectivity index (χ4n) is 3.60. The molecule has 0 saturated carbocycles. The van der Waals surface area contributed by atoms with Gasteiger partial charge in [0.25, 0.3) is 5.56 Å². The Labute approximate surface area is 148 Å². The average Bonchev–Trinajstić information content (AvgIpc) is 3.25. The number of hydrogen-bond acceptors (Lipinski definition) is 6. The van der Waals surface area contributed by atoms with Gasteiger partial charge >= 0.3 is 5.69 Å². The van der Waals surface area contributed by atoms with E-state index in [9.17, 15) is 9.59 Å². The van der Waals surface area contributed by atoms with E-state index in [4.69, 9.17) is 4.74 Å². The van der Waals surface area contributed by atoms with Crippen LogP contribution < -0.4 is 16.1 Å². The first-order chi connectivity index (χ1) is 12.5. The number of ether oxygens (including phenoxy) is 1. The third kappa shape index (κ3) is 2.43. The van der Waals surface area contributed by atoms with E-state index in [1.54, 1.807) is 31.1 Å². The summed E-state index contributed by atoms with van der Waals surface area (Å²) >= 11 is 0. The van der Waals surface area contributed by atoms with E-state index in [1.165, 1.54) is 4.57 Å². The van der Waals surface area contributed by atoms with Crippen LogP contribution in [0.4, 0.5) is 5.95 Å². The quantitative estimate of drug-likeness (QED) is 0.726. The van der Waals surface area contributed by atoms with E-state index >= 15 is 0 Å². The van der Waals surface area contributed by atoms with Gasteiger partial charge in [0.1, 0.15) is 6.10 Å². The van der Waals surface area contributed by atoms with E-state index in [0.29, 0.717) is 23.7 Å². The minimum Gasteiger partial charge on any atom is -0.371 e. The van der Waals surface area contributed by atoms with Crippen molar-refractivity contribution in [2.24, 2.45) is 14.1 Å². The summed E-state index contributed by atoms with van der Waals surface area (Å²) in [6.45, 7) is 0.636. The van der Waals surface area contributed by atoms with Gasteiger partial charge in [-0.05, 0) is 12.5 Å². The fraction of sp³-hybridized carbons (Fsp3) is 0.412. The van der Waals surface area contributed by atoms with Crippen LogP contribution in [0.1, 0.15) is 18.1 Å². The van der Waals surface area contributed by atoms with E-state index < -0.39 is 11.2 Å². The number of pyridine rings is 1. The van der Waals surface area contributed by atoms with Gasteiger partial charge in [-0.15, -0.1) is 0 Å². The largest absolute Gasteiger partial charge is 0.371 e. The number of imidazole rings is 1. The maximum atomic E-state index is 12.2. The van der Waals surface area contributed by atoms with E-state index in [0.717, 1.165) is 12.0 Å². The molecule has 26 heavy (non-hydrogen) atoms. The molecule has 3 aromatic heterocycles. The van der Waals surface area contributed by atoms with Crippen LogP contribution in [-0.2, 0) is 18.8 Å². The van der Waals surface area contributed by atoms with Gasteiger partial charge in [0.15, 0.2) is 11.2 Å². The smallest absolute Gasteiger partial charge is 0.329 e. The van der Waals surface area contributed by atoms with Crippen molar-refractivity contribution in [1.29, 1.82) is 0 Å². The Morgan fingerprint density at radius 2 is 2.12 bits per heavy atom. The molecule has 1 aliphatic heterocycles. The Kier molecular flexibility index (Phi) is 3.87. The number of aromatic nitrogens is 5. The maximum absolute atomic E-state index is 12.2. The first-order valence-electron chi connectivity index (χ1n) is 8.39. The fourth-order valence-corrected chi connectivity index (χ4v) is 3.60. The third-order valence-electron chi connectivity index (χ3n) is 5.00. The molecule has 0 radical (unpaired) electrons. The number of aryl methyl sites for hydroxylation is 2. The van der Waals surface area contributed by atoms with E-state index in [-0.39, 0.29) is 12.1 Å². The van der Waals surface area contributed by atoms with Crippen LogP contribution in [-0.4, -0.2) is 43.8 Å². The molecule has 1 N–H and O–H groups in total. The Morgan fingerprint density at radius 3 is 2.85 bits per heavy atom. The SMILES string of the molecule is CN(c1nc2c(c(=O)[nH]c(=O)n2C)n1C)[C@H]1CCO[C@@H]1c1cccnc1. The number of H-pyrrole nitrogens is 1. The lowest BCUT2D eigenvalue weighted by atomic mass is 10.0. The zero-order valence-corrected chi connectivity index (χ0v) is 14.8. The highest BCUT2D eigenvalue weighted by atomic mass is 16.5. The molecule has 1 fully saturated rings. The first kappa shape index (κ1) is 16.5. The van der Waals surface area contributed by atoms with Gasteiger partial charge in [0.2, 0.25) is 5.95 Å². The van der Waals surface area contributed by atoms with Crippen molar-refractivity contribution in [3.8, 4) is 0 Å². The average molecular weight is 356 g/mol. The molecule has 1 aliphatic rings. The second kappa shape index (κ2) is 6.10. The maximum Gasteiger partial charge on any atom is 0.329 e. The molecule has 0 aliphatic carbocycles. The summed E-state index contributed by atoms with van der Waals surface area (Å²) in [6, 6.07) is 3.93. The van der Waals surface area contributed by atoms with Gasteiger partial charge in [-0.3, -0.25) is 19.3 Å². The summed E-state index contributed by atoms with van der Waals surface area (Å²) in [4.78, 5) is 37.2. The van der Waals surface area contributed by atoms with Crippen molar-refractivity contribution < 1.29 is 4.74 Å². The van der Waals surface area contributed by atoms with Gasteiger partial charge < -0.3 is 14.2 Å². The molecule has 0 amide bonds. The molecule has 0 aromatic carbocycles. The molecule has 136 valence electrons. The molecule has 0 bridgehead atoms.